The van der Waals surface area contributed by atoms with Crippen molar-refractivity contribution in [3.63, 3.8) is 0 Å². The summed E-state index contributed by atoms with van der Waals surface area (Å²) in [4.78, 5) is 7.84. The maximum atomic E-state index is 5.48. The van der Waals surface area contributed by atoms with Gasteiger partial charge >= 0.3 is 0 Å². The summed E-state index contributed by atoms with van der Waals surface area (Å²) in [6, 6.07) is 12.2. The fraction of sp³-hybridized carbons (Fsp3) is 0.227. The zero-order chi connectivity index (χ0) is 19.0. The van der Waals surface area contributed by atoms with Crippen LogP contribution in [0.1, 0.15) is 25.3 Å². The minimum atomic E-state index is 0.335. The molecule has 0 spiro atoms. The van der Waals surface area contributed by atoms with Gasteiger partial charge in [-0.2, -0.15) is 0 Å². The molecular weight excluding hydrogens is 340 g/mol. The van der Waals surface area contributed by atoms with Crippen LogP contribution in [-0.4, -0.2) is 24.2 Å². The molecular formula is C22H22N2O3. The standard InChI is InChI=1S/C22H22N2O3/c1-13(2)20-16-11-15(22-23-9-10-27-22)5-7-17(16)24-21(20)14-6-8-18(25-3)19(12-14)26-4/h5-13,24H,1-4H3. The first-order chi connectivity index (χ1) is 13.1. The summed E-state index contributed by atoms with van der Waals surface area (Å²) in [5.41, 5.74) is 5.45. The number of oxazole rings is 1. The van der Waals surface area contributed by atoms with E-state index in [-0.39, 0.29) is 0 Å². The van der Waals surface area contributed by atoms with Crippen molar-refractivity contribution in [3.8, 4) is 34.2 Å². The van der Waals surface area contributed by atoms with Gasteiger partial charge in [-0.05, 0) is 47.9 Å². The van der Waals surface area contributed by atoms with Gasteiger partial charge in [0, 0.05) is 22.0 Å². The molecule has 0 saturated carbocycles. The lowest BCUT2D eigenvalue weighted by molar-refractivity contribution is 0.355. The Kier molecular flexibility index (Phi) is 4.36. The predicted octanol–water partition coefficient (Wildman–Crippen LogP) is 5.63. The molecule has 0 aliphatic heterocycles. The number of benzene rings is 2. The van der Waals surface area contributed by atoms with E-state index in [4.69, 9.17) is 13.9 Å². The smallest absolute Gasteiger partial charge is 0.225 e. The summed E-state index contributed by atoms with van der Waals surface area (Å²) < 4.78 is 16.3. The van der Waals surface area contributed by atoms with Gasteiger partial charge in [-0.1, -0.05) is 13.8 Å². The number of nitrogens with zero attached hydrogens (tertiary/aromatic N) is 1. The lowest BCUT2D eigenvalue weighted by Crippen LogP contribution is -1.93. The number of ether oxygens (including phenoxy) is 2. The van der Waals surface area contributed by atoms with Crippen LogP contribution in [0.5, 0.6) is 11.5 Å². The van der Waals surface area contributed by atoms with Gasteiger partial charge in [-0.25, -0.2) is 4.98 Å². The molecule has 138 valence electrons. The van der Waals surface area contributed by atoms with Crippen molar-refractivity contribution in [3.05, 3.63) is 54.4 Å². The van der Waals surface area contributed by atoms with Crippen LogP contribution in [-0.2, 0) is 0 Å². The fourth-order valence-corrected chi connectivity index (χ4v) is 3.53. The van der Waals surface area contributed by atoms with Crippen LogP contribution in [0.25, 0.3) is 33.6 Å². The van der Waals surface area contributed by atoms with E-state index in [2.05, 4.69) is 35.9 Å². The summed E-state index contributed by atoms with van der Waals surface area (Å²) >= 11 is 0. The van der Waals surface area contributed by atoms with Crippen molar-refractivity contribution in [2.75, 3.05) is 14.2 Å². The molecule has 5 heteroatoms. The minimum Gasteiger partial charge on any atom is -0.493 e. The summed E-state index contributed by atoms with van der Waals surface area (Å²) in [5.74, 6) is 2.39. The van der Waals surface area contributed by atoms with E-state index < -0.39 is 0 Å². The summed E-state index contributed by atoms with van der Waals surface area (Å²) in [6.45, 7) is 4.40. The van der Waals surface area contributed by atoms with E-state index >= 15 is 0 Å². The van der Waals surface area contributed by atoms with Crippen LogP contribution in [0, 0.1) is 0 Å². The molecule has 1 N–H and O–H groups in total. The van der Waals surface area contributed by atoms with Crippen molar-refractivity contribution in [1.29, 1.82) is 0 Å². The first kappa shape index (κ1) is 17.2. The average molecular weight is 362 g/mol. The summed E-state index contributed by atoms with van der Waals surface area (Å²) in [5, 5.41) is 1.17. The van der Waals surface area contributed by atoms with Crippen LogP contribution in [0.4, 0.5) is 0 Å². The molecule has 0 atom stereocenters. The molecule has 0 aliphatic rings. The molecule has 27 heavy (non-hydrogen) atoms. The number of aromatic amines is 1. The van der Waals surface area contributed by atoms with Crippen LogP contribution < -0.4 is 9.47 Å². The SMILES string of the molecule is COc1ccc(-c2[nH]c3ccc(-c4ncco4)cc3c2C(C)C)cc1OC. The van der Waals surface area contributed by atoms with Gasteiger partial charge in [0.05, 0.1) is 26.1 Å². The first-order valence-electron chi connectivity index (χ1n) is 8.90. The van der Waals surface area contributed by atoms with Gasteiger partial charge in [0.2, 0.25) is 5.89 Å². The minimum absolute atomic E-state index is 0.335. The van der Waals surface area contributed by atoms with E-state index in [9.17, 15) is 0 Å². The highest BCUT2D eigenvalue weighted by Gasteiger charge is 2.18. The number of rotatable bonds is 5. The Bertz CT molecular complexity index is 1080. The molecule has 0 radical (unpaired) electrons. The lowest BCUT2D eigenvalue weighted by Gasteiger charge is -2.12. The second-order valence-electron chi connectivity index (χ2n) is 6.74. The fourth-order valence-electron chi connectivity index (χ4n) is 3.53. The largest absolute Gasteiger partial charge is 0.493 e. The monoisotopic (exact) mass is 362 g/mol. The van der Waals surface area contributed by atoms with Gasteiger partial charge in [0.1, 0.15) is 6.26 Å². The molecule has 0 saturated heterocycles. The lowest BCUT2D eigenvalue weighted by atomic mass is 9.95. The molecule has 2 aromatic heterocycles. The number of aromatic nitrogens is 2. The number of hydrogen-bond acceptors (Lipinski definition) is 4. The van der Waals surface area contributed by atoms with Gasteiger partial charge < -0.3 is 18.9 Å². The Morgan fingerprint density at radius 1 is 0.963 bits per heavy atom. The normalized spacial score (nSPS) is 11.3. The maximum absolute atomic E-state index is 5.48. The third-order valence-electron chi connectivity index (χ3n) is 4.77. The number of hydrogen-bond donors (Lipinski definition) is 1. The Labute approximate surface area is 158 Å². The van der Waals surface area contributed by atoms with Crippen LogP contribution in [0.2, 0.25) is 0 Å². The molecule has 2 heterocycles. The molecule has 0 unspecified atom stereocenters. The maximum Gasteiger partial charge on any atom is 0.225 e. The molecule has 5 nitrogen and oxygen atoms in total. The highest BCUT2D eigenvalue weighted by molar-refractivity contribution is 5.94. The average Bonchev–Trinajstić information content (AvgIpc) is 3.34. The second-order valence-corrected chi connectivity index (χ2v) is 6.74. The van der Waals surface area contributed by atoms with Crippen molar-refractivity contribution in [2.24, 2.45) is 0 Å². The molecule has 0 aliphatic carbocycles. The molecule has 2 aromatic carbocycles. The number of H-pyrrole nitrogens is 1. The van der Waals surface area contributed by atoms with Crippen molar-refractivity contribution in [1.82, 2.24) is 9.97 Å². The van der Waals surface area contributed by atoms with Crippen LogP contribution >= 0.6 is 0 Å². The number of fused-ring (bicyclic) bond motifs is 1. The third-order valence-corrected chi connectivity index (χ3v) is 4.77. The predicted molar refractivity (Wildman–Crippen MR) is 106 cm³/mol. The van der Waals surface area contributed by atoms with Crippen LogP contribution in [0.15, 0.2) is 53.3 Å². The quantitative estimate of drug-likeness (QED) is 0.500. The first-order valence-corrected chi connectivity index (χ1v) is 8.90. The van der Waals surface area contributed by atoms with Crippen molar-refractivity contribution < 1.29 is 13.9 Å². The zero-order valence-corrected chi connectivity index (χ0v) is 15.9. The van der Waals surface area contributed by atoms with E-state index in [0.717, 1.165) is 28.1 Å². The van der Waals surface area contributed by atoms with E-state index in [1.807, 2.05) is 24.3 Å². The molecule has 4 rings (SSSR count). The topological polar surface area (TPSA) is 60.3 Å². The Balaban J connectivity index is 1.92. The number of nitrogens with one attached hydrogen (secondary N) is 1. The van der Waals surface area contributed by atoms with Crippen molar-refractivity contribution in [2.45, 2.75) is 19.8 Å². The second kappa shape index (κ2) is 6.83. The Hall–Kier alpha value is -3.21. The highest BCUT2D eigenvalue weighted by Crippen LogP contribution is 2.39. The summed E-state index contributed by atoms with van der Waals surface area (Å²) in [7, 11) is 3.29. The Morgan fingerprint density at radius 2 is 1.74 bits per heavy atom. The molecule has 0 fully saturated rings. The van der Waals surface area contributed by atoms with Gasteiger partial charge in [0.25, 0.3) is 0 Å². The molecule has 4 aromatic rings. The summed E-state index contributed by atoms with van der Waals surface area (Å²) in [6.07, 6.45) is 3.25. The van der Waals surface area contributed by atoms with Crippen LogP contribution in [0.3, 0.4) is 0 Å². The third kappa shape index (κ3) is 2.95. The van der Waals surface area contributed by atoms with E-state index in [1.165, 1.54) is 10.9 Å². The van der Waals surface area contributed by atoms with E-state index in [1.54, 1.807) is 26.7 Å². The molecule has 0 bridgehead atoms. The number of methoxy groups -OCH3 is 2. The highest BCUT2D eigenvalue weighted by atomic mass is 16.5. The Morgan fingerprint density at radius 3 is 2.41 bits per heavy atom. The van der Waals surface area contributed by atoms with Gasteiger partial charge in [-0.3, -0.25) is 0 Å². The zero-order valence-electron chi connectivity index (χ0n) is 15.9. The van der Waals surface area contributed by atoms with E-state index in [0.29, 0.717) is 17.6 Å². The van der Waals surface area contributed by atoms with Crippen molar-refractivity contribution >= 4 is 10.9 Å². The molecule has 0 amide bonds. The van der Waals surface area contributed by atoms with Gasteiger partial charge in [0.15, 0.2) is 11.5 Å². The van der Waals surface area contributed by atoms with Gasteiger partial charge in [-0.15, -0.1) is 0 Å².